The number of aromatic nitrogens is 1. The summed E-state index contributed by atoms with van der Waals surface area (Å²) in [5, 5.41) is 6.97. The largest absolute Gasteiger partial charge is 0.308 e. The van der Waals surface area contributed by atoms with E-state index in [9.17, 15) is 0 Å². The molecule has 2 nitrogen and oxygen atoms in total. The van der Waals surface area contributed by atoms with Crippen molar-refractivity contribution >= 4 is 11.3 Å². The van der Waals surface area contributed by atoms with Crippen LogP contribution in [0.3, 0.4) is 0 Å². The maximum atomic E-state index is 4.52. The fourth-order valence-electron chi connectivity index (χ4n) is 3.45. The van der Waals surface area contributed by atoms with E-state index in [4.69, 9.17) is 0 Å². The monoisotopic (exact) mass is 208 g/mol. The molecule has 1 N–H and O–H groups in total. The summed E-state index contributed by atoms with van der Waals surface area (Å²) in [7, 11) is 2.10. The van der Waals surface area contributed by atoms with Crippen LogP contribution in [-0.4, -0.2) is 12.0 Å². The first-order valence-corrected chi connectivity index (χ1v) is 6.32. The molecule has 3 heteroatoms. The molecule has 2 bridgehead atoms. The van der Waals surface area contributed by atoms with Crippen LogP contribution in [0.5, 0.6) is 0 Å². The van der Waals surface area contributed by atoms with Crippen molar-refractivity contribution in [1.29, 1.82) is 0 Å². The molecule has 2 aliphatic carbocycles. The second-order valence-corrected chi connectivity index (χ2v) is 5.53. The number of nitrogens with one attached hydrogen (secondary N) is 1. The Morgan fingerprint density at radius 1 is 1.57 bits per heavy atom. The van der Waals surface area contributed by atoms with Gasteiger partial charge in [0.1, 0.15) is 5.01 Å². The van der Waals surface area contributed by atoms with E-state index < -0.39 is 0 Å². The lowest BCUT2D eigenvalue weighted by atomic mass is 9.81. The molecule has 3 rings (SSSR count). The van der Waals surface area contributed by atoms with E-state index in [-0.39, 0.29) is 5.54 Å². The molecule has 14 heavy (non-hydrogen) atoms. The Hall–Kier alpha value is -0.410. The summed E-state index contributed by atoms with van der Waals surface area (Å²) < 4.78 is 0. The van der Waals surface area contributed by atoms with Crippen molar-refractivity contribution in [1.82, 2.24) is 10.3 Å². The van der Waals surface area contributed by atoms with Crippen molar-refractivity contribution in [3.63, 3.8) is 0 Å². The molecular weight excluding hydrogens is 192 g/mol. The zero-order valence-electron chi connectivity index (χ0n) is 8.49. The van der Waals surface area contributed by atoms with E-state index in [2.05, 4.69) is 22.7 Å². The summed E-state index contributed by atoms with van der Waals surface area (Å²) >= 11 is 1.81. The quantitative estimate of drug-likeness (QED) is 0.807. The molecule has 0 spiro atoms. The summed E-state index contributed by atoms with van der Waals surface area (Å²) in [5.74, 6) is 1.79. The summed E-state index contributed by atoms with van der Waals surface area (Å²) in [6.07, 6.45) is 7.50. The Labute approximate surface area is 88.7 Å². The van der Waals surface area contributed by atoms with E-state index in [0.29, 0.717) is 0 Å². The third-order valence-corrected chi connectivity index (χ3v) is 5.06. The van der Waals surface area contributed by atoms with Gasteiger partial charge < -0.3 is 5.32 Å². The molecule has 0 saturated heterocycles. The molecule has 0 amide bonds. The van der Waals surface area contributed by atoms with Crippen LogP contribution in [0.1, 0.15) is 30.7 Å². The van der Waals surface area contributed by atoms with Gasteiger partial charge in [-0.15, -0.1) is 11.3 Å². The number of nitrogens with zero attached hydrogens (tertiary/aromatic N) is 1. The van der Waals surface area contributed by atoms with E-state index in [1.54, 1.807) is 0 Å². The van der Waals surface area contributed by atoms with Crippen LogP contribution in [0.2, 0.25) is 0 Å². The Kier molecular flexibility index (Phi) is 1.92. The minimum Gasteiger partial charge on any atom is -0.308 e. The SMILES string of the molecule is CNC1(c2nccs2)CC2CCC1C2. The highest BCUT2D eigenvalue weighted by atomic mass is 32.1. The summed E-state index contributed by atoms with van der Waals surface area (Å²) in [6, 6.07) is 0. The van der Waals surface area contributed by atoms with Gasteiger partial charge in [0.2, 0.25) is 0 Å². The van der Waals surface area contributed by atoms with Gasteiger partial charge in [0.05, 0.1) is 5.54 Å². The first kappa shape index (κ1) is 8.86. The Morgan fingerprint density at radius 2 is 2.50 bits per heavy atom. The molecule has 2 fully saturated rings. The van der Waals surface area contributed by atoms with Gasteiger partial charge in [-0.1, -0.05) is 6.42 Å². The van der Waals surface area contributed by atoms with Gasteiger partial charge in [-0.2, -0.15) is 0 Å². The smallest absolute Gasteiger partial charge is 0.113 e. The van der Waals surface area contributed by atoms with Crippen LogP contribution in [0.4, 0.5) is 0 Å². The van der Waals surface area contributed by atoms with Gasteiger partial charge in [0, 0.05) is 11.6 Å². The lowest BCUT2D eigenvalue weighted by Crippen LogP contribution is -2.44. The number of rotatable bonds is 2. The lowest BCUT2D eigenvalue weighted by Gasteiger charge is -2.35. The van der Waals surface area contributed by atoms with Crippen LogP contribution in [0.15, 0.2) is 11.6 Å². The third-order valence-electron chi connectivity index (χ3n) is 4.11. The lowest BCUT2D eigenvalue weighted by molar-refractivity contribution is 0.224. The van der Waals surface area contributed by atoms with Gasteiger partial charge in [-0.05, 0) is 38.1 Å². The van der Waals surface area contributed by atoms with Gasteiger partial charge in [-0.3, -0.25) is 0 Å². The highest BCUT2D eigenvalue weighted by molar-refractivity contribution is 7.09. The maximum absolute atomic E-state index is 4.52. The molecule has 3 atom stereocenters. The average Bonchev–Trinajstić information content (AvgIpc) is 2.93. The molecular formula is C11H16N2S. The minimum atomic E-state index is 0.233. The van der Waals surface area contributed by atoms with E-state index >= 15 is 0 Å². The van der Waals surface area contributed by atoms with Crippen LogP contribution in [0.25, 0.3) is 0 Å². The summed E-state index contributed by atoms with van der Waals surface area (Å²) in [5.41, 5.74) is 0.233. The predicted octanol–water partition coefficient (Wildman–Crippen LogP) is 2.38. The van der Waals surface area contributed by atoms with Gasteiger partial charge >= 0.3 is 0 Å². The highest BCUT2D eigenvalue weighted by Crippen LogP contribution is 2.55. The van der Waals surface area contributed by atoms with Gasteiger partial charge in [0.15, 0.2) is 0 Å². The number of thiazole rings is 1. The van der Waals surface area contributed by atoms with Gasteiger partial charge in [-0.25, -0.2) is 4.98 Å². The fraction of sp³-hybridized carbons (Fsp3) is 0.727. The fourth-order valence-corrected chi connectivity index (χ4v) is 4.38. The minimum absolute atomic E-state index is 0.233. The second-order valence-electron chi connectivity index (χ2n) is 4.64. The number of hydrogen-bond donors (Lipinski definition) is 1. The molecule has 2 aliphatic rings. The standard InChI is InChI=1S/C11H16N2S/c1-12-11(10-13-4-5-14-10)7-8-2-3-9(11)6-8/h4-5,8-9,12H,2-3,6-7H2,1H3. The van der Waals surface area contributed by atoms with E-state index in [1.165, 1.54) is 30.7 Å². The van der Waals surface area contributed by atoms with E-state index in [1.807, 2.05) is 17.5 Å². The topological polar surface area (TPSA) is 24.9 Å². The normalized spacial score (nSPS) is 40.6. The van der Waals surface area contributed by atoms with E-state index in [0.717, 1.165) is 11.8 Å². The van der Waals surface area contributed by atoms with Gasteiger partial charge in [0.25, 0.3) is 0 Å². The first-order valence-electron chi connectivity index (χ1n) is 5.44. The highest BCUT2D eigenvalue weighted by Gasteiger charge is 2.52. The van der Waals surface area contributed by atoms with Crippen molar-refractivity contribution in [2.75, 3.05) is 7.05 Å². The first-order chi connectivity index (χ1) is 6.85. The number of fused-ring (bicyclic) bond motifs is 2. The average molecular weight is 208 g/mol. The number of hydrogen-bond acceptors (Lipinski definition) is 3. The molecule has 76 valence electrons. The van der Waals surface area contributed by atoms with Crippen molar-refractivity contribution in [3.05, 3.63) is 16.6 Å². The molecule has 1 heterocycles. The van der Waals surface area contributed by atoms with Crippen molar-refractivity contribution < 1.29 is 0 Å². The van der Waals surface area contributed by atoms with Crippen molar-refractivity contribution in [2.24, 2.45) is 11.8 Å². The van der Waals surface area contributed by atoms with Crippen LogP contribution in [-0.2, 0) is 5.54 Å². The molecule has 0 radical (unpaired) electrons. The van der Waals surface area contributed by atoms with Crippen LogP contribution >= 0.6 is 11.3 Å². The second kappa shape index (κ2) is 3.04. The van der Waals surface area contributed by atoms with Crippen molar-refractivity contribution in [2.45, 2.75) is 31.2 Å². The third kappa shape index (κ3) is 1.03. The molecule has 3 unspecified atom stereocenters. The maximum Gasteiger partial charge on any atom is 0.113 e. The molecule has 0 aromatic carbocycles. The Bertz CT molecular complexity index is 322. The molecule has 2 saturated carbocycles. The zero-order chi connectivity index (χ0) is 9.60. The molecule has 0 aliphatic heterocycles. The predicted molar refractivity (Wildman–Crippen MR) is 58.3 cm³/mol. The zero-order valence-corrected chi connectivity index (χ0v) is 9.31. The van der Waals surface area contributed by atoms with Crippen LogP contribution in [0, 0.1) is 11.8 Å². The van der Waals surface area contributed by atoms with Crippen molar-refractivity contribution in [3.8, 4) is 0 Å². The summed E-state index contributed by atoms with van der Waals surface area (Å²) in [4.78, 5) is 4.52. The molecule has 1 aromatic rings. The summed E-state index contributed by atoms with van der Waals surface area (Å²) in [6.45, 7) is 0. The van der Waals surface area contributed by atoms with Crippen LogP contribution < -0.4 is 5.32 Å². The Balaban J connectivity index is 2.00. The Morgan fingerprint density at radius 3 is 3.00 bits per heavy atom. The molecule has 1 aromatic heterocycles.